The molecule has 0 amide bonds. The summed E-state index contributed by atoms with van der Waals surface area (Å²) in [6, 6.07) is 0. The fraction of sp³-hybridized carbons (Fsp3) is 0.875. The van der Waals surface area contributed by atoms with Crippen LogP contribution in [0.15, 0.2) is 4.99 Å². The fourth-order valence-corrected chi connectivity index (χ4v) is 2.48. The van der Waals surface area contributed by atoms with E-state index in [0.29, 0.717) is 11.2 Å². The Labute approximate surface area is 83.7 Å². The average Bonchev–Trinajstić information content (AvgIpc) is 2.64. The minimum Gasteiger partial charge on any atom is -0.356 e. The minimum absolute atomic E-state index is 0.696. The van der Waals surface area contributed by atoms with E-state index in [9.17, 15) is 0 Å². The van der Waals surface area contributed by atoms with Gasteiger partial charge in [-0.05, 0) is 25.5 Å². The van der Waals surface area contributed by atoms with Gasteiger partial charge in [-0.25, -0.2) is 5.84 Å². The zero-order chi connectivity index (χ0) is 9.52. The first kappa shape index (κ1) is 10.7. The van der Waals surface area contributed by atoms with Gasteiger partial charge in [-0.15, -0.1) is 0 Å². The van der Waals surface area contributed by atoms with E-state index in [1.807, 2.05) is 18.7 Å². The van der Waals surface area contributed by atoms with Crippen molar-refractivity contribution in [3.05, 3.63) is 0 Å². The Balaban J connectivity index is 2.25. The lowest BCUT2D eigenvalue weighted by molar-refractivity contribution is 0.771. The second-order valence-corrected chi connectivity index (χ2v) is 4.41. The quantitative estimate of drug-likeness (QED) is 0.267. The molecule has 0 spiro atoms. The van der Waals surface area contributed by atoms with E-state index in [-0.39, 0.29) is 0 Å². The third-order valence-electron chi connectivity index (χ3n) is 1.96. The van der Waals surface area contributed by atoms with Gasteiger partial charge in [0.05, 0.1) is 6.54 Å². The molecule has 1 aliphatic heterocycles. The first-order valence-electron chi connectivity index (χ1n) is 4.73. The van der Waals surface area contributed by atoms with Crippen LogP contribution in [0.1, 0.15) is 19.8 Å². The number of rotatable bonds is 3. The van der Waals surface area contributed by atoms with Gasteiger partial charge in [0.25, 0.3) is 0 Å². The van der Waals surface area contributed by atoms with E-state index in [0.717, 1.165) is 13.1 Å². The lowest BCUT2D eigenvalue weighted by Gasteiger charge is -2.08. The molecule has 1 aliphatic rings. The van der Waals surface area contributed by atoms with Gasteiger partial charge in [0.15, 0.2) is 0 Å². The van der Waals surface area contributed by atoms with E-state index in [2.05, 4.69) is 15.7 Å². The second kappa shape index (κ2) is 6.10. The molecule has 0 saturated carbocycles. The molecule has 1 fully saturated rings. The number of hydrazine groups is 1. The van der Waals surface area contributed by atoms with Crippen molar-refractivity contribution >= 4 is 17.7 Å². The van der Waals surface area contributed by atoms with Gasteiger partial charge in [-0.1, -0.05) is 0 Å². The Hall–Kier alpha value is -0.420. The van der Waals surface area contributed by atoms with Crippen molar-refractivity contribution in [2.45, 2.75) is 25.0 Å². The van der Waals surface area contributed by atoms with Crippen LogP contribution in [0.25, 0.3) is 0 Å². The number of nitrogens with zero attached hydrogens (tertiary/aromatic N) is 1. The molecular formula is C8H18N4S. The second-order valence-electron chi connectivity index (χ2n) is 3.00. The van der Waals surface area contributed by atoms with Crippen molar-refractivity contribution in [3.8, 4) is 0 Å². The average molecular weight is 202 g/mol. The van der Waals surface area contributed by atoms with Gasteiger partial charge in [0.2, 0.25) is 5.96 Å². The molecule has 13 heavy (non-hydrogen) atoms. The summed E-state index contributed by atoms with van der Waals surface area (Å²) >= 11 is 2.01. The Morgan fingerprint density at radius 1 is 1.69 bits per heavy atom. The summed E-state index contributed by atoms with van der Waals surface area (Å²) in [5.74, 6) is 7.28. The van der Waals surface area contributed by atoms with Crippen molar-refractivity contribution in [3.63, 3.8) is 0 Å². The maximum Gasteiger partial charge on any atom is 0.205 e. The third-order valence-corrected chi connectivity index (χ3v) is 3.34. The number of aliphatic imine (C=N–C) groups is 1. The molecule has 1 saturated heterocycles. The molecule has 0 aliphatic carbocycles. The van der Waals surface area contributed by atoms with Gasteiger partial charge < -0.3 is 5.32 Å². The monoisotopic (exact) mass is 202 g/mol. The van der Waals surface area contributed by atoms with Crippen LogP contribution in [0.2, 0.25) is 0 Å². The summed E-state index contributed by atoms with van der Waals surface area (Å²) in [4.78, 5) is 4.36. The lowest BCUT2D eigenvalue weighted by Crippen LogP contribution is -2.41. The summed E-state index contributed by atoms with van der Waals surface area (Å²) in [6.45, 7) is 3.75. The number of hydrogen-bond donors (Lipinski definition) is 3. The van der Waals surface area contributed by atoms with Crippen molar-refractivity contribution in [1.82, 2.24) is 10.7 Å². The van der Waals surface area contributed by atoms with Crippen LogP contribution in [0.4, 0.5) is 0 Å². The predicted octanol–water partition coefficient (Wildman–Crippen LogP) is 0.311. The number of hydrogen-bond acceptors (Lipinski definition) is 3. The molecular weight excluding hydrogens is 184 g/mol. The molecule has 76 valence electrons. The maximum absolute atomic E-state index is 5.29. The molecule has 0 bridgehead atoms. The Bertz CT molecular complexity index is 166. The van der Waals surface area contributed by atoms with Crippen molar-refractivity contribution in [2.75, 3.05) is 18.8 Å². The van der Waals surface area contributed by atoms with Crippen molar-refractivity contribution in [2.24, 2.45) is 10.8 Å². The molecule has 4 nitrogen and oxygen atoms in total. The van der Waals surface area contributed by atoms with E-state index in [1.54, 1.807) is 0 Å². The van der Waals surface area contributed by atoms with Crippen LogP contribution in [-0.2, 0) is 0 Å². The van der Waals surface area contributed by atoms with Gasteiger partial charge >= 0.3 is 0 Å². The number of nitrogens with two attached hydrogens (primary N) is 1. The van der Waals surface area contributed by atoms with Crippen LogP contribution >= 0.6 is 11.8 Å². The largest absolute Gasteiger partial charge is 0.356 e. The molecule has 0 radical (unpaired) electrons. The van der Waals surface area contributed by atoms with Gasteiger partial charge in [0, 0.05) is 11.8 Å². The van der Waals surface area contributed by atoms with Gasteiger partial charge in [-0.2, -0.15) is 11.8 Å². The fourth-order valence-electron chi connectivity index (χ4n) is 1.30. The molecule has 1 heterocycles. The highest BCUT2D eigenvalue weighted by atomic mass is 32.2. The topological polar surface area (TPSA) is 62.4 Å². The van der Waals surface area contributed by atoms with Crippen LogP contribution in [0.3, 0.4) is 0 Å². The molecule has 0 aromatic rings. The van der Waals surface area contributed by atoms with Crippen molar-refractivity contribution < 1.29 is 0 Å². The molecule has 1 unspecified atom stereocenters. The summed E-state index contributed by atoms with van der Waals surface area (Å²) in [7, 11) is 0. The third kappa shape index (κ3) is 3.87. The van der Waals surface area contributed by atoms with Crippen LogP contribution < -0.4 is 16.6 Å². The predicted molar refractivity (Wildman–Crippen MR) is 58.8 cm³/mol. The standard InChI is InChI=1S/C8H18N4S/c1-2-10-8(12-9)11-6-7-4-3-5-13-7/h7H,2-6,9H2,1H3,(H2,10,11,12). The Morgan fingerprint density at radius 3 is 3.08 bits per heavy atom. The first-order valence-corrected chi connectivity index (χ1v) is 5.78. The Kier molecular flexibility index (Phi) is 5.00. The number of nitrogens with one attached hydrogen (secondary N) is 2. The molecule has 4 N–H and O–H groups in total. The molecule has 0 aromatic heterocycles. The summed E-state index contributed by atoms with van der Waals surface area (Å²) in [5.41, 5.74) is 2.56. The molecule has 5 heteroatoms. The highest BCUT2D eigenvalue weighted by molar-refractivity contribution is 8.00. The molecule has 1 rings (SSSR count). The van der Waals surface area contributed by atoms with E-state index in [1.165, 1.54) is 18.6 Å². The zero-order valence-electron chi connectivity index (χ0n) is 8.05. The van der Waals surface area contributed by atoms with Crippen LogP contribution in [-0.4, -0.2) is 30.1 Å². The minimum atomic E-state index is 0.696. The normalized spacial score (nSPS) is 23.2. The van der Waals surface area contributed by atoms with Crippen LogP contribution in [0.5, 0.6) is 0 Å². The highest BCUT2D eigenvalue weighted by Gasteiger charge is 2.14. The number of guanidine groups is 1. The summed E-state index contributed by atoms with van der Waals surface area (Å²) < 4.78 is 0. The summed E-state index contributed by atoms with van der Waals surface area (Å²) in [5, 5.41) is 3.76. The van der Waals surface area contributed by atoms with Crippen molar-refractivity contribution in [1.29, 1.82) is 0 Å². The molecule has 0 aromatic carbocycles. The highest BCUT2D eigenvalue weighted by Crippen LogP contribution is 2.25. The molecule has 1 atom stereocenters. The smallest absolute Gasteiger partial charge is 0.205 e. The lowest BCUT2D eigenvalue weighted by atomic mass is 10.2. The van der Waals surface area contributed by atoms with E-state index < -0.39 is 0 Å². The maximum atomic E-state index is 5.29. The summed E-state index contributed by atoms with van der Waals surface area (Å²) in [6.07, 6.45) is 2.62. The SMILES string of the molecule is CCNC(=NCC1CCCS1)NN. The van der Waals surface area contributed by atoms with Crippen LogP contribution in [0, 0.1) is 0 Å². The van der Waals surface area contributed by atoms with Gasteiger partial charge in [-0.3, -0.25) is 10.4 Å². The van der Waals surface area contributed by atoms with E-state index in [4.69, 9.17) is 5.84 Å². The number of thioether (sulfide) groups is 1. The van der Waals surface area contributed by atoms with Gasteiger partial charge in [0.1, 0.15) is 0 Å². The first-order chi connectivity index (χ1) is 6.36. The zero-order valence-corrected chi connectivity index (χ0v) is 8.86. The van der Waals surface area contributed by atoms with E-state index >= 15 is 0 Å². The Morgan fingerprint density at radius 2 is 2.54 bits per heavy atom.